The van der Waals surface area contributed by atoms with Crippen LogP contribution < -0.4 is 4.72 Å². The van der Waals surface area contributed by atoms with Crippen LogP contribution in [0.5, 0.6) is 0 Å². The molecule has 0 bridgehead atoms. The maximum Gasteiger partial charge on any atom is 0.271 e. The molecule has 0 fully saturated rings. The van der Waals surface area contributed by atoms with E-state index in [1.165, 1.54) is 6.07 Å². The molecule has 0 spiro atoms. The zero-order valence-corrected chi connectivity index (χ0v) is 14.6. The summed E-state index contributed by atoms with van der Waals surface area (Å²) in [4.78, 5) is 0. The number of nitrogens with one attached hydrogen (secondary N) is 1. The number of hydrogen-bond donors (Lipinski definition) is 1. The molecule has 1 aromatic carbocycles. The summed E-state index contributed by atoms with van der Waals surface area (Å²) in [6.07, 6.45) is 0. The van der Waals surface area contributed by atoms with Gasteiger partial charge in [-0.1, -0.05) is 11.6 Å². The standard InChI is InChI=1S/C14H12ClN3O3S2/c1-8-5-11(15)3-4-12(8)18-23(19,20)13-6-10(7-22-13)14-17-16-9(2)21-14/h3-7,18H,1-2H3. The highest BCUT2D eigenvalue weighted by Gasteiger charge is 2.20. The van der Waals surface area contributed by atoms with Crippen molar-refractivity contribution in [3.05, 3.63) is 46.1 Å². The highest BCUT2D eigenvalue weighted by molar-refractivity contribution is 7.94. The first-order valence-electron chi connectivity index (χ1n) is 6.53. The lowest BCUT2D eigenvalue weighted by molar-refractivity contribution is 0.533. The Kier molecular flexibility index (Phi) is 4.13. The van der Waals surface area contributed by atoms with Gasteiger partial charge in [-0.3, -0.25) is 4.72 Å². The van der Waals surface area contributed by atoms with Crippen molar-refractivity contribution in [3.63, 3.8) is 0 Å². The fourth-order valence-corrected chi connectivity index (χ4v) is 4.43. The molecule has 23 heavy (non-hydrogen) atoms. The first-order chi connectivity index (χ1) is 10.8. The number of sulfonamides is 1. The molecule has 3 aromatic rings. The molecular formula is C14H12ClN3O3S2. The Labute approximate surface area is 142 Å². The summed E-state index contributed by atoms with van der Waals surface area (Å²) < 4.78 is 33.0. The first kappa shape index (κ1) is 16.0. The topological polar surface area (TPSA) is 85.1 Å². The van der Waals surface area contributed by atoms with Crippen LogP contribution in [0.3, 0.4) is 0 Å². The van der Waals surface area contributed by atoms with E-state index in [1.54, 1.807) is 37.4 Å². The van der Waals surface area contributed by atoms with Gasteiger partial charge in [0.2, 0.25) is 11.8 Å². The second-order valence-corrected chi connectivity index (χ2v) is 8.10. The minimum Gasteiger partial charge on any atom is -0.421 e. The Bertz CT molecular complexity index is 963. The predicted octanol–water partition coefficient (Wildman–Crippen LogP) is 3.87. The largest absolute Gasteiger partial charge is 0.421 e. The Morgan fingerprint density at radius 3 is 2.65 bits per heavy atom. The number of benzene rings is 1. The average Bonchev–Trinajstić information content (AvgIpc) is 3.10. The molecule has 1 N–H and O–H groups in total. The van der Waals surface area contributed by atoms with Gasteiger partial charge < -0.3 is 4.42 Å². The van der Waals surface area contributed by atoms with E-state index >= 15 is 0 Å². The van der Waals surface area contributed by atoms with Gasteiger partial charge in [0.05, 0.1) is 11.3 Å². The monoisotopic (exact) mass is 369 g/mol. The summed E-state index contributed by atoms with van der Waals surface area (Å²) in [7, 11) is -3.69. The fourth-order valence-electron chi connectivity index (χ4n) is 1.92. The molecule has 0 aliphatic carbocycles. The molecule has 120 valence electrons. The second-order valence-electron chi connectivity index (χ2n) is 4.85. The number of aromatic nitrogens is 2. The van der Waals surface area contributed by atoms with Crippen LogP contribution in [0.4, 0.5) is 5.69 Å². The second kappa shape index (κ2) is 5.95. The quantitative estimate of drug-likeness (QED) is 0.754. The molecule has 2 aromatic heterocycles. The lowest BCUT2D eigenvalue weighted by Crippen LogP contribution is -2.12. The Morgan fingerprint density at radius 2 is 2.00 bits per heavy atom. The summed E-state index contributed by atoms with van der Waals surface area (Å²) in [6, 6.07) is 6.46. The number of nitrogens with zero attached hydrogens (tertiary/aromatic N) is 2. The first-order valence-corrected chi connectivity index (χ1v) is 9.27. The minimum atomic E-state index is -3.69. The molecule has 9 heteroatoms. The van der Waals surface area contributed by atoms with E-state index in [9.17, 15) is 8.42 Å². The lowest BCUT2D eigenvalue weighted by Gasteiger charge is -2.09. The van der Waals surface area contributed by atoms with E-state index in [2.05, 4.69) is 14.9 Å². The Hall–Kier alpha value is -1.90. The predicted molar refractivity (Wildman–Crippen MR) is 89.3 cm³/mol. The number of hydrogen-bond acceptors (Lipinski definition) is 6. The molecule has 0 atom stereocenters. The van der Waals surface area contributed by atoms with E-state index in [1.807, 2.05) is 0 Å². The maximum atomic E-state index is 12.5. The number of anilines is 1. The van der Waals surface area contributed by atoms with Crippen LogP contribution >= 0.6 is 22.9 Å². The summed E-state index contributed by atoms with van der Waals surface area (Å²) in [5.41, 5.74) is 1.80. The molecule has 0 unspecified atom stereocenters. The number of halogens is 1. The van der Waals surface area contributed by atoms with Crippen molar-refractivity contribution >= 4 is 38.6 Å². The number of rotatable bonds is 4. The van der Waals surface area contributed by atoms with Crippen LogP contribution in [0.15, 0.2) is 38.3 Å². The van der Waals surface area contributed by atoms with Gasteiger partial charge in [-0.15, -0.1) is 21.5 Å². The van der Waals surface area contributed by atoms with Gasteiger partial charge in [0.1, 0.15) is 4.21 Å². The molecule has 0 saturated heterocycles. The average molecular weight is 370 g/mol. The highest BCUT2D eigenvalue weighted by atomic mass is 35.5. The summed E-state index contributed by atoms with van der Waals surface area (Å²) >= 11 is 6.96. The molecule has 0 radical (unpaired) electrons. The van der Waals surface area contributed by atoms with Crippen molar-refractivity contribution < 1.29 is 12.8 Å². The maximum absolute atomic E-state index is 12.5. The van der Waals surface area contributed by atoms with Crippen molar-refractivity contribution in [3.8, 4) is 11.5 Å². The van der Waals surface area contributed by atoms with Crippen molar-refractivity contribution in [2.75, 3.05) is 4.72 Å². The van der Waals surface area contributed by atoms with Gasteiger partial charge in [0, 0.05) is 17.3 Å². The van der Waals surface area contributed by atoms with Crippen LogP contribution in [-0.4, -0.2) is 18.6 Å². The van der Waals surface area contributed by atoms with Gasteiger partial charge in [-0.05, 0) is 36.8 Å². The van der Waals surface area contributed by atoms with Gasteiger partial charge in [-0.25, -0.2) is 8.42 Å². The lowest BCUT2D eigenvalue weighted by atomic mass is 10.2. The van der Waals surface area contributed by atoms with Crippen LogP contribution in [0, 0.1) is 13.8 Å². The smallest absolute Gasteiger partial charge is 0.271 e. The van der Waals surface area contributed by atoms with Crippen molar-refractivity contribution in [2.24, 2.45) is 0 Å². The third kappa shape index (κ3) is 3.39. The normalized spacial score (nSPS) is 11.6. The zero-order chi connectivity index (χ0) is 16.6. The van der Waals surface area contributed by atoms with Crippen LogP contribution in [0.25, 0.3) is 11.5 Å². The van der Waals surface area contributed by atoms with Gasteiger partial charge in [0.15, 0.2) is 0 Å². The van der Waals surface area contributed by atoms with Gasteiger partial charge in [-0.2, -0.15) is 0 Å². The van der Waals surface area contributed by atoms with Gasteiger partial charge in [0.25, 0.3) is 10.0 Å². The molecule has 0 saturated carbocycles. The van der Waals surface area contributed by atoms with E-state index < -0.39 is 10.0 Å². The summed E-state index contributed by atoms with van der Waals surface area (Å²) in [5, 5.41) is 9.83. The fraction of sp³-hybridized carbons (Fsp3) is 0.143. The van der Waals surface area contributed by atoms with Crippen LogP contribution in [-0.2, 0) is 10.0 Å². The molecule has 2 heterocycles. The van der Waals surface area contributed by atoms with E-state index in [0.717, 1.165) is 16.9 Å². The third-order valence-electron chi connectivity index (χ3n) is 3.05. The molecule has 0 aliphatic rings. The van der Waals surface area contributed by atoms with Crippen LogP contribution in [0.1, 0.15) is 11.5 Å². The summed E-state index contributed by atoms with van der Waals surface area (Å²) in [5.74, 6) is 0.716. The number of aryl methyl sites for hydroxylation is 2. The molecule has 0 aliphatic heterocycles. The SMILES string of the molecule is Cc1nnc(-c2csc(S(=O)(=O)Nc3ccc(Cl)cc3C)c2)o1. The van der Waals surface area contributed by atoms with Crippen LogP contribution in [0.2, 0.25) is 5.02 Å². The van der Waals surface area contributed by atoms with E-state index in [0.29, 0.717) is 28.1 Å². The highest BCUT2D eigenvalue weighted by Crippen LogP contribution is 2.30. The van der Waals surface area contributed by atoms with Crippen molar-refractivity contribution in [1.82, 2.24) is 10.2 Å². The molecule has 3 rings (SSSR count). The number of thiophene rings is 1. The van der Waals surface area contributed by atoms with Crippen molar-refractivity contribution in [2.45, 2.75) is 18.1 Å². The molecule has 6 nitrogen and oxygen atoms in total. The van der Waals surface area contributed by atoms with E-state index in [-0.39, 0.29) is 4.21 Å². The molecular weight excluding hydrogens is 358 g/mol. The van der Waals surface area contributed by atoms with Crippen molar-refractivity contribution in [1.29, 1.82) is 0 Å². The zero-order valence-electron chi connectivity index (χ0n) is 12.2. The molecule has 0 amide bonds. The summed E-state index contributed by atoms with van der Waals surface area (Å²) in [6.45, 7) is 3.45. The minimum absolute atomic E-state index is 0.165. The third-order valence-corrected chi connectivity index (χ3v) is 6.09. The van der Waals surface area contributed by atoms with Gasteiger partial charge >= 0.3 is 0 Å². The van der Waals surface area contributed by atoms with E-state index in [4.69, 9.17) is 16.0 Å². The Balaban J connectivity index is 1.89. The Morgan fingerprint density at radius 1 is 1.22 bits per heavy atom.